The number of ether oxygens (including phenoxy) is 2. The molecular weight excluding hydrogens is 743 g/mol. The standard InChI is InChI=1S/C58H55NO2/c1-3-5-7-15-40-60-49-33-29-47(30-34-49)59(48-31-35-50(36-32-48)61-41-16-8-6-4-2)46-27-24-44(25-28-46)52-37-26-45-22-17-23-54-55(45)57(52)58-53(43-20-13-10-14-21-43)39-38-51(56(54)58)42-18-11-9-12-19-42/h9-14,17-39H,3-8,15-16,40-41H2,1-2H3. The van der Waals surface area contributed by atoms with E-state index >= 15 is 0 Å². The average Bonchev–Trinajstić information content (AvgIpc) is 3.67. The first kappa shape index (κ1) is 39.9. The first-order valence-corrected chi connectivity index (χ1v) is 22.4. The van der Waals surface area contributed by atoms with Crippen molar-refractivity contribution in [1.82, 2.24) is 0 Å². The van der Waals surface area contributed by atoms with E-state index in [0.717, 1.165) is 54.6 Å². The Bertz CT molecular complexity index is 2630. The van der Waals surface area contributed by atoms with Crippen LogP contribution in [-0.4, -0.2) is 13.2 Å². The van der Waals surface area contributed by atoms with E-state index in [9.17, 15) is 0 Å². The van der Waals surface area contributed by atoms with Crippen LogP contribution < -0.4 is 14.4 Å². The van der Waals surface area contributed by atoms with Gasteiger partial charge in [-0.3, -0.25) is 0 Å². The van der Waals surface area contributed by atoms with E-state index in [2.05, 4.69) is 195 Å². The molecule has 0 heterocycles. The van der Waals surface area contributed by atoms with Gasteiger partial charge in [-0.25, -0.2) is 0 Å². The normalized spacial score (nSPS) is 11.4. The molecule has 0 aliphatic heterocycles. The first-order valence-electron chi connectivity index (χ1n) is 22.4. The Hall–Kier alpha value is -6.58. The lowest BCUT2D eigenvalue weighted by Gasteiger charge is -2.26. The number of fused-ring (bicyclic) bond motifs is 3. The number of unbranched alkanes of at least 4 members (excludes halogenated alkanes) is 6. The van der Waals surface area contributed by atoms with Crippen LogP contribution in [-0.2, 0) is 0 Å². The van der Waals surface area contributed by atoms with Crippen molar-refractivity contribution in [3.63, 3.8) is 0 Å². The maximum Gasteiger partial charge on any atom is 0.119 e. The fourth-order valence-electron chi connectivity index (χ4n) is 9.00. The lowest BCUT2D eigenvalue weighted by molar-refractivity contribution is 0.305. The van der Waals surface area contributed by atoms with Gasteiger partial charge in [0.05, 0.1) is 13.2 Å². The quantitative estimate of drug-likeness (QED) is 0.0807. The Morgan fingerprint density at radius 2 is 0.803 bits per heavy atom. The highest BCUT2D eigenvalue weighted by Crippen LogP contribution is 2.57. The summed E-state index contributed by atoms with van der Waals surface area (Å²) in [7, 11) is 0. The van der Waals surface area contributed by atoms with Gasteiger partial charge in [-0.2, -0.15) is 0 Å². The summed E-state index contributed by atoms with van der Waals surface area (Å²) in [5.74, 6) is 1.81. The summed E-state index contributed by atoms with van der Waals surface area (Å²) >= 11 is 0. The molecule has 61 heavy (non-hydrogen) atoms. The fourth-order valence-corrected chi connectivity index (χ4v) is 9.00. The first-order chi connectivity index (χ1) is 30.2. The number of anilines is 3. The molecule has 1 aliphatic rings. The van der Waals surface area contributed by atoms with Gasteiger partial charge in [0.2, 0.25) is 0 Å². The molecule has 1 aliphatic carbocycles. The molecule has 0 unspecified atom stereocenters. The predicted molar refractivity (Wildman–Crippen MR) is 259 cm³/mol. The van der Waals surface area contributed by atoms with Crippen LogP contribution in [0.4, 0.5) is 17.1 Å². The van der Waals surface area contributed by atoms with Crippen LogP contribution in [0.5, 0.6) is 11.5 Å². The molecule has 0 aromatic heterocycles. The largest absolute Gasteiger partial charge is 0.494 e. The van der Waals surface area contributed by atoms with Crippen LogP contribution in [0.1, 0.15) is 65.2 Å². The molecular formula is C58H55NO2. The van der Waals surface area contributed by atoms with Gasteiger partial charge in [0.1, 0.15) is 11.5 Å². The molecule has 3 heteroatoms. The van der Waals surface area contributed by atoms with E-state index in [1.165, 1.54) is 105 Å². The minimum absolute atomic E-state index is 0.744. The summed E-state index contributed by atoms with van der Waals surface area (Å²) in [6.45, 7) is 5.97. The monoisotopic (exact) mass is 797 g/mol. The molecule has 9 rings (SSSR count). The molecule has 0 radical (unpaired) electrons. The maximum absolute atomic E-state index is 6.16. The molecule has 0 spiro atoms. The highest BCUT2D eigenvalue weighted by Gasteiger charge is 2.30. The summed E-state index contributed by atoms with van der Waals surface area (Å²) in [5.41, 5.74) is 15.8. The van der Waals surface area contributed by atoms with Crippen molar-refractivity contribution in [2.24, 2.45) is 0 Å². The van der Waals surface area contributed by atoms with Gasteiger partial charge in [-0.05, 0) is 140 Å². The number of rotatable bonds is 18. The van der Waals surface area contributed by atoms with Crippen LogP contribution >= 0.6 is 0 Å². The molecule has 0 saturated carbocycles. The van der Waals surface area contributed by atoms with Crippen molar-refractivity contribution in [3.8, 4) is 67.1 Å². The van der Waals surface area contributed by atoms with Crippen molar-refractivity contribution in [3.05, 3.63) is 176 Å². The maximum atomic E-state index is 6.16. The van der Waals surface area contributed by atoms with E-state index in [1.54, 1.807) is 0 Å². The van der Waals surface area contributed by atoms with Crippen molar-refractivity contribution in [2.75, 3.05) is 18.1 Å². The minimum atomic E-state index is 0.744. The summed E-state index contributed by atoms with van der Waals surface area (Å²) < 4.78 is 12.3. The van der Waals surface area contributed by atoms with Gasteiger partial charge >= 0.3 is 0 Å². The Kier molecular flexibility index (Phi) is 12.3. The third-order valence-electron chi connectivity index (χ3n) is 12.1. The van der Waals surface area contributed by atoms with Crippen molar-refractivity contribution < 1.29 is 9.47 Å². The molecule has 0 N–H and O–H groups in total. The van der Waals surface area contributed by atoms with Gasteiger partial charge in [-0.1, -0.05) is 168 Å². The van der Waals surface area contributed by atoms with Gasteiger partial charge < -0.3 is 14.4 Å². The second kappa shape index (κ2) is 18.8. The zero-order chi connectivity index (χ0) is 41.4. The summed E-state index contributed by atoms with van der Waals surface area (Å²) in [4.78, 5) is 2.33. The van der Waals surface area contributed by atoms with Crippen LogP contribution in [0, 0.1) is 0 Å². The number of benzene rings is 8. The van der Waals surface area contributed by atoms with E-state index in [-0.39, 0.29) is 0 Å². The molecule has 0 saturated heterocycles. The Balaban J connectivity index is 1.11. The Labute approximate surface area is 362 Å². The molecule has 3 nitrogen and oxygen atoms in total. The van der Waals surface area contributed by atoms with Gasteiger partial charge in [0, 0.05) is 17.1 Å². The summed E-state index contributed by atoms with van der Waals surface area (Å²) in [5, 5.41) is 2.58. The van der Waals surface area contributed by atoms with Crippen molar-refractivity contribution >= 4 is 27.8 Å². The number of hydrogen-bond donors (Lipinski definition) is 0. The van der Waals surface area contributed by atoms with Crippen molar-refractivity contribution in [2.45, 2.75) is 65.2 Å². The topological polar surface area (TPSA) is 21.7 Å². The highest BCUT2D eigenvalue weighted by molar-refractivity contribution is 6.24. The van der Waals surface area contributed by atoms with Gasteiger partial charge in [0.25, 0.3) is 0 Å². The van der Waals surface area contributed by atoms with Gasteiger partial charge in [-0.15, -0.1) is 0 Å². The number of hydrogen-bond acceptors (Lipinski definition) is 3. The predicted octanol–water partition coefficient (Wildman–Crippen LogP) is 16.9. The zero-order valence-corrected chi connectivity index (χ0v) is 35.6. The second-order valence-electron chi connectivity index (χ2n) is 16.2. The summed E-state index contributed by atoms with van der Waals surface area (Å²) in [6.07, 6.45) is 9.51. The molecule has 0 fully saturated rings. The van der Waals surface area contributed by atoms with E-state index < -0.39 is 0 Å². The Morgan fingerprint density at radius 3 is 1.33 bits per heavy atom. The second-order valence-corrected chi connectivity index (χ2v) is 16.2. The minimum Gasteiger partial charge on any atom is -0.494 e. The molecule has 304 valence electrons. The van der Waals surface area contributed by atoms with Crippen LogP contribution in [0.3, 0.4) is 0 Å². The average molecular weight is 798 g/mol. The molecule has 8 aromatic rings. The van der Waals surface area contributed by atoms with Crippen molar-refractivity contribution in [1.29, 1.82) is 0 Å². The fraction of sp³-hybridized carbons (Fsp3) is 0.207. The molecule has 0 bridgehead atoms. The smallest absolute Gasteiger partial charge is 0.119 e. The number of nitrogens with zero attached hydrogens (tertiary/aromatic N) is 1. The van der Waals surface area contributed by atoms with E-state index in [0.29, 0.717) is 0 Å². The van der Waals surface area contributed by atoms with Crippen LogP contribution in [0.25, 0.3) is 66.4 Å². The van der Waals surface area contributed by atoms with Gasteiger partial charge in [0.15, 0.2) is 0 Å². The molecule has 0 amide bonds. The van der Waals surface area contributed by atoms with E-state index in [1.807, 2.05) is 0 Å². The lowest BCUT2D eigenvalue weighted by atomic mass is 9.86. The SMILES string of the molecule is CCCCCCOc1ccc(N(c2ccc(OCCCCCC)cc2)c2ccc(-c3ccc4cccc5c4c3-c3c(-c4ccccc4)ccc(-c4ccccc4)c3-5)cc2)cc1. The summed E-state index contributed by atoms with van der Waals surface area (Å²) in [6, 6.07) is 64.0. The highest BCUT2D eigenvalue weighted by atomic mass is 16.5. The Morgan fingerprint density at radius 1 is 0.344 bits per heavy atom. The molecule has 0 atom stereocenters. The molecule has 8 aromatic carbocycles. The lowest BCUT2D eigenvalue weighted by Crippen LogP contribution is -2.10. The van der Waals surface area contributed by atoms with E-state index in [4.69, 9.17) is 9.47 Å². The zero-order valence-electron chi connectivity index (χ0n) is 35.6. The van der Waals surface area contributed by atoms with Crippen LogP contribution in [0.15, 0.2) is 176 Å². The third-order valence-corrected chi connectivity index (χ3v) is 12.1. The van der Waals surface area contributed by atoms with Crippen LogP contribution in [0.2, 0.25) is 0 Å². The third kappa shape index (κ3) is 8.43.